The van der Waals surface area contributed by atoms with E-state index >= 15 is 0 Å². The van der Waals surface area contributed by atoms with Crippen molar-refractivity contribution in [1.82, 2.24) is 4.57 Å². The zero-order valence-electron chi connectivity index (χ0n) is 16.2. The highest BCUT2D eigenvalue weighted by Gasteiger charge is 2.21. The van der Waals surface area contributed by atoms with E-state index in [0.29, 0.717) is 12.1 Å². The minimum absolute atomic E-state index is 0.399. The Morgan fingerprint density at radius 1 is 1.17 bits per heavy atom. The summed E-state index contributed by atoms with van der Waals surface area (Å²) in [6, 6.07) is 8.18. The van der Waals surface area contributed by atoms with E-state index in [1.165, 1.54) is 0 Å². The number of ether oxygens (including phenoxy) is 1. The fourth-order valence-corrected chi connectivity index (χ4v) is 4.24. The molecule has 158 valence electrons. The van der Waals surface area contributed by atoms with Crippen molar-refractivity contribution >= 4 is 33.1 Å². The van der Waals surface area contributed by atoms with Crippen LogP contribution in [0.25, 0.3) is 0 Å². The molecule has 0 saturated heterocycles. The van der Waals surface area contributed by atoms with E-state index in [0.717, 1.165) is 34.5 Å². The molecule has 10 heteroatoms. The van der Waals surface area contributed by atoms with E-state index < -0.39 is 44.7 Å². The molecule has 2 N–H and O–H groups in total. The van der Waals surface area contributed by atoms with Gasteiger partial charge in [0.05, 0.1) is 17.0 Å². The van der Waals surface area contributed by atoms with Crippen LogP contribution in [0.4, 0.5) is 4.39 Å². The average Bonchev–Trinajstić information content (AvgIpc) is 3.29. The number of nitrogens with two attached hydrogens (primary N) is 1. The number of hydrogen-bond donors (Lipinski definition) is 1. The van der Waals surface area contributed by atoms with Crippen LogP contribution in [0.2, 0.25) is 0 Å². The van der Waals surface area contributed by atoms with Crippen LogP contribution in [0.5, 0.6) is 0 Å². The van der Waals surface area contributed by atoms with Crippen molar-refractivity contribution in [2.24, 2.45) is 5.14 Å². The molecule has 3 aromatic rings. The van der Waals surface area contributed by atoms with Gasteiger partial charge in [-0.2, -0.15) is 0 Å². The Balaban J connectivity index is 1.74. The predicted molar refractivity (Wildman–Crippen MR) is 110 cm³/mol. The molecule has 0 saturated carbocycles. The fourth-order valence-electron chi connectivity index (χ4n) is 3.01. The lowest BCUT2D eigenvalue weighted by Gasteiger charge is -2.09. The Labute approximate surface area is 176 Å². The summed E-state index contributed by atoms with van der Waals surface area (Å²) in [5.41, 5.74) is 1.39. The molecule has 0 aliphatic carbocycles. The first kappa shape index (κ1) is 21.9. The van der Waals surface area contributed by atoms with E-state index in [-0.39, 0.29) is 0 Å². The van der Waals surface area contributed by atoms with Crippen LogP contribution < -0.4 is 5.14 Å². The van der Waals surface area contributed by atoms with Crippen molar-refractivity contribution < 1.29 is 27.1 Å². The van der Waals surface area contributed by atoms with Crippen LogP contribution in [-0.2, 0) is 21.3 Å². The normalized spacial score (nSPS) is 11.5. The number of hydrogen-bond acceptors (Lipinski definition) is 6. The lowest BCUT2D eigenvalue weighted by atomic mass is 10.1. The van der Waals surface area contributed by atoms with Gasteiger partial charge in [0.15, 0.2) is 6.61 Å². The number of thiophene rings is 1. The van der Waals surface area contributed by atoms with Gasteiger partial charge in [-0.05, 0) is 49.6 Å². The summed E-state index contributed by atoms with van der Waals surface area (Å²) in [6.45, 7) is 3.68. The van der Waals surface area contributed by atoms with Gasteiger partial charge in [0.25, 0.3) is 0 Å². The first-order valence-electron chi connectivity index (χ1n) is 8.79. The van der Waals surface area contributed by atoms with Crippen molar-refractivity contribution in [3.8, 4) is 0 Å². The Bertz CT molecular complexity index is 1210. The molecule has 0 spiro atoms. The van der Waals surface area contributed by atoms with Gasteiger partial charge in [-0.25, -0.2) is 22.7 Å². The Morgan fingerprint density at radius 3 is 2.53 bits per heavy atom. The summed E-state index contributed by atoms with van der Waals surface area (Å²) in [7, 11) is -4.12. The van der Waals surface area contributed by atoms with E-state index in [4.69, 9.17) is 9.88 Å². The van der Waals surface area contributed by atoms with Gasteiger partial charge < -0.3 is 9.30 Å². The molecule has 0 radical (unpaired) electrons. The van der Waals surface area contributed by atoms with Gasteiger partial charge in [-0.15, -0.1) is 11.3 Å². The van der Waals surface area contributed by atoms with Crippen LogP contribution in [0, 0.1) is 19.7 Å². The maximum Gasteiger partial charge on any atom is 0.341 e. The standard InChI is InChI=1S/C20H19FN2O5S2/c1-12-8-16(13(2)23(12)10-14-4-3-7-29-14)19(24)11-28-20(25)17-9-15(30(22,26)27)5-6-18(17)21/h3-9H,10-11H2,1-2H3,(H2,22,26,27). The zero-order chi connectivity index (χ0) is 22.1. The van der Waals surface area contributed by atoms with Crippen molar-refractivity contribution in [3.63, 3.8) is 0 Å². The topological polar surface area (TPSA) is 108 Å². The molecule has 0 fully saturated rings. The second kappa shape index (κ2) is 8.50. The Kier molecular flexibility index (Phi) is 6.20. The number of benzene rings is 1. The van der Waals surface area contributed by atoms with E-state index in [9.17, 15) is 22.4 Å². The Hall–Kier alpha value is -2.82. The largest absolute Gasteiger partial charge is 0.454 e. The van der Waals surface area contributed by atoms with Crippen molar-refractivity contribution in [3.05, 3.63) is 75.0 Å². The van der Waals surface area contributed by atoms with E-state index in [1.807, 2.05) is 29.0 Å². The highest BCUT2D eigenvalue weighted by atomic mass is 32.2. The predicted octanol–water partition coefficient (Wildman–Crippen LogP) is 3.04. The molecular formula is C20H19FN2O5S2. The molecule has 0 aliphatic heterocycles. The molecule has 2 aromatic heterocycles. The van der Waals surface area contributed by atoms with Gasteiger partial charge in [0.2, 0.25) is 15.8 Å². The number of halogens is 1. The maximum atomic E-state index is 13.9. The maximum absolute atomic E-state index is 13.9. The van der Waals surface area contributed by atoms with Crippen molar-refractivity contribution in [2.75, 3.05) is 6.61 Å². The van der Waals surface area contributed by atoms with Crippen LogP contribution in [0.3, 0.4) is 0 Å². The van der Waals surface area contributed by atoms with Gasteiger partial charge in [0, 0.05) is 21.8 Å². The first-order valence-corrected chi connectivity index (χ1v) is 11.2. The number of carbonyl (C=O) groups excluding carboxylic acids is 2. The third-order valence-electron chi connectivity index (χ3n) is 4.59. The minimum atomic E-state index is -4.12. The van der Waals surface area contributed by atoms with Crippen LogP contribution in [-0.4, -0.2) is 31.3 Å². The molecule has 0 unspecified atom stereocenters. The third kappa shape index (κ3) is 4.66. The fraction of sp³-hybridized carbons (Fsp3) is 0.200. The SMILES string of the molecule is Cc1cc(C(=O)COC(=O)c2cc(S(N)(=O)=O)ccc2F)c(C)n1Cc1cccs1. The molecular weight excluding hydrogens is 431 g/mol. The zero-order valence-corrected chi connectivity index (χ0v) is 17.8. The average molecular weight is 451 g/mol. The second-order valence-corrected chi connectivity index (χ2v) is 9.23. The lowest BCUT2D eigenvalue weighted by molar-refractivity contribution is 0.0469. The number of primary sulfonamides is 1. The summed E-state index contributed by atoms with van der Waals surface area (Å²) in [5.74, 6) is -2.58. The van der Waals surface area contributed by atoms with E-state index in [2.05, 4.69) is 0 Å². The van der Waals surface area contributed by atoms with Crippen molar-refractivity contribution in [1.29, 1.82) is 0 Å². The van der Waals surface area contributed by atoms with Crippen LogP contribution in [0.15, 0.2) is 46.7 Å². The molecule has 0 bridgehead atoms. The molecule has 0 aliphatic rings. The quantitative estimate of drug-likeness (QED) is 0.440. The summed E-state index contributed by atoms with van der Waals surface area (Å²) in [5, 5.41) is 6.97. The monoisotopic (exact) mass is 450 g/mol. The van der Waals surface area contributed by atoms with Crippen molar-refractivity contribution in [2.45, 2.75) is 25.3 Å². The number of aromatic nitrogens is 1. The first-order chi connectivity index (χ1) is 14.1. The minimum Gasteiger partial charge on any atom is -0.454 e. The number of nitrogens with zero attached hydrogens (tertiary/aromatic N) is 1. The summed E-state index contributed by atoms with van der Waals surface area (Å²) in [4.78, 5) is 25.5. The molecule has 0 atom stereocenters. The molecule has 1 aromatic carbocycles. The highest BCUT2D eigenvalue weighted by molar-refractivity contribution is 7.89. The number of ketones is 1. The summed E-state index contributed by atoms with van der Waals surface area (Å²) >= 11 is 1.61. The number of carbonyl (C=O) groups is 2. The number of esters is 1. The number of aryl methyl sites for hydroxylation is 1. The number of sulfonamides is 1. The van der Waals surface area contributed by atoms with Crippen LogP contribution >= 0.6 is 11.3 Å². The molecule has 30 heavy (non-hydrogen) atoms. The number of Topliss-reactive ketones (excluding diaryl/α,β-unsaturated/α-hetero) is 1. The van der Waals surface area contributed by atoms with Gasteiger partial charge in [-0.1, -0.05) is 6.07 Å². The molecule has 3 rings (SSSR count). The lowest BCUT2D eigenvalue weighted by Crippen LogP contribution is -2.18. The molecule has 2 heterocycles. The second-order valence-electron chi connectivity index (χ2n) is 6.64. The van der Waals surface area contributed by atoms with Gasteiger partial charge in [0.1, 0.15) is 5.82 Å². The molecule has 0 amide bonds. The number of rotatable bonds is 7. The van der Waals surface area contributed by atoms with Gasteiger partial charge in [-0.3, -0.25) is 4.79 Å². The van der Waals surface area contributed by atoms with Crippen LogP contribution in [0.1, 0.15) is 37.0 Å². The summed E-state index contributed by atoms with van der Waals surface area (Å²) in [6.07, 6.45) is 0. The third-order valence-corrected chi connectivity index (χ3v) is 6.36. The van der Waals surface area contributed by atoms with Gasteiger partial charge >= 0.3 is 5.97 Å². The summed E-state index contributed by atoms with van der Waals surface area (Å²) < 4.78 is 43.7. The smallest absolute Gasteiger partial charge is 0.341 e. The highest BCUT2D eigenvalue weighted by Crippen LogP contribution is 2.20. The Morgan fingerprint density at radius 2 is 1.90 bits per heavy atom. The van der Waals surface area contributed by atoms with E-state index in [1.54, 1.807) is 24.3 Å². The molecule has 7 nitrogen and oxygen atoms in total.